The van der Waals surface area contributed by atoms with Gasteiger partial charge in [0.05, 0.1) is 5.69 Å². The summed E-state index contributed by atoms with van der Waals surface area (Å²) in [5.41, 5.74) is 3.92. The molecular weight excluding hydrogens is 398 g/mol. The average Bonchev–Trinajstić information content (AvgIpc) is 3.43. The zero-order valence-electron chi connectivity index (χ0n) is 16.7. The predicted molar refractivity (Wildman–Crippen MR) is 117 cm³/mol. The van der Waals surface area contributed by atoms with Gasteiger partial charge in [-0.25, -0.2) is 9.78 Å². The van der Waals surface area contributed by atoms with Crippen molar-refractivity contribution in [1.82, 2.24) is 9.88 Å². The fourth-order valence-electron chi connectivity index (χ4n) is 3.44. The van der Waals surface area contributed by atoms with Crippen LogP contribution in [0.2, 0.25) is 0 Å². The fourth-order valence-corrected chi connectivity index (χ4v) is 4.16. The number of nitrogens with one attached hydrogen (secondary N) is 1. The minimum absolute atomic E-state index is 0.191. The Morgan fingerprint density at radius 3 is 2.70 bits per heavy atom. The minimum atomic E-state index is -0.542. The van der Waals surface area contributed by atoms with E-state index < -0.39 is 12.1 Å². The summed E-state index contributed by atoms with van der Waals surface area (Å²) in [7, 11) is 0. The van der Waals surface area contributed by atoms with Crippen molar-refractivity contribution in [3.05, 3.63) is 71.1 Å². The molecule has 30 heavy (non-hydrogen) atoms. The number of anilines is 1. The van der Waals surface area contributed by atoms with E-state index in [-0.39, 0.29) is 12.5 Å². The highest BCUT2D eigenvalue weighted by Gasteiger charge is 2.35. The van der Waals surface area contributed by atoms with E-state index in [0.717, 1.165) is 23.2 Å². The number of thiazole rings is 1. The Bertz CT molecular complexity index is 1020. The number of hydrogen-bond donors (Lipinski definition) is 1. The fraction of sp³-hybridized carbons (Fsp3) is 0.261. The normalized spacial score (nSPS) is 15.8. The van der Waals surface area contributed by atoms with Crippen molar-refractivity contribution in [2.24, 2.45) is 0 Å². The first kappa shape index (κ1) is 20.1. The van der Waals surface area contributed by atoms with Crippen molar-refractivity contribution < 1.29 is 14.3 Å². The molecule has 1 fully saturated rings. The number of carbonyl (C=O) groups excluding carboxylic acids is 2. The topological polar surface area (TPSA) is 71.5 Å². The molecule has 0 aliphatic carbocycles. The number of ether oxygens (including phenoxy) is 1. The molecule has 6 nitrogen and oxygen atoms in total. The molecule has 0 radical (unpaired) electrons. The van der Waals surface area contributed by atoms with E-state index in [1.54, 1.807) is 0 Å². The van der Waals surface area contributed by atoms with E-state index in [4.69, 9.17) is 4.74 Å². The Morgan fingerprint density at radius 1 is 1.17 bits per heavy atom. The largest absolute Gasteiger partial charge is 0.445 e. The van der Waals surface area contributed by atoms with E-state index >= 15 is 0 Å². The summed E-state index contributed by atoms with van der Waals surface area (Å²) in [6.07, 6.45) is 0.920. The Labute approximate surface area is 179 Å². The van der Waals surface area contributed by atoms with Crippen LogP contribution in [0.3, 0.4) is 0 Å². The maximum absolute atomic E-state index is 12.8. The molecular formula is C23H23N3O3S. The predicted octanol–water partition coefficient (Wildman–Crippen LogP) is 4.86. The van der Waals surface area contributed by atoms with Crippen molar-refractivity contribution in [2.75, 3.05) is 11.9 Å². The van der Waals surface area contributed by atoms with Gasteiger partial charge in [0.2, 0.25) is 5.91 Å². The van der Waals surface area contributed by atoms with Crippen LogP contribution in [0.5, 0.6) is 0 Å². The molecule has 1 saturated heterocycles. The lowest BCUT2D eigenvalue weighted by Crippen LogP contribution is -2.43. The first-order valence-electron chi connectivity index (χ1n) is 9.91. The summed E-state index contributed by atoms with van der Waals surface area (Å²) in [6.45, 7) is 2.74. The standard InChI is InChI=1S/C23H23N3O3S/c1-16-9-11-18(12-10-16)19-15-30-22(24-19)25-21(27)20-8-5-13-26(20)23(28)29-14-17-6-3-2-4-7-17/h2-4,6-7,9-12,15,20H,5,8,13-14H2,1H3,(H,24,25,27)/t20-/m0/s1. The van der Waals surface area contributed by atoms with Crippen molar-refractivity contribution in [3.63, 3.8) is 0 Å². The summed E-state index contributed by atoms with van der Waals surface area (Å²) in [6, 6.07) is 17.0. The van der Waals surface area contributed by atoms with Crippen LogP contribution in [-0.2, 0) is 16.1 Å². The Morgan fingerprint density at radius 2 is 1.93 bits per heavy atom. The van der Waals surface area contributed by atoms with E-state index in [1.807, 2.05) is 66.9 Å². The van der Waals surface area contributed by atoms with Crippen LogP contribution in [0.1, 0.15) is 24.0 Å². The molecule has 4 rings (SSSR count). The molecule has 2 aromatic carbocycles. The van der Waals surface area contributed by atoms with Crippen LogP contribution >= 0.6 is 11.3 Å². The molecule has 0 unspecified atom stereocenters. The van der Waals surface area contributed by atoms with E-state index in [0.29, 0.717) is 18.1 Å². The number of hydrogen-bond acceptors (Lipinski definition) is 5. The summed E-state index contributed by atoms with van der Waals surface area (Å²) >= 11 is 1.38. The first-order chi connectivity index (χ1) is 14.6. The van der Waals surface area contributed by atoms with E-state index in [2.05, 4.69) is 10.3 Å². The van der Waals surface area contributed by atoms with Gasteiger partial charge >= 0.3 is 6.09 Å². The Kier molecular flexibility index (Phi) is 6.09. The molecule has 1 N–H and O–H groups in total. The zero-order chi connectivity index (χ0) is 20.9. The monoisotopic (exact) mass is 421 g/mol. The third-order valence-corrected chi connectivity index (χ3v) is 5.83. The number of aromatic nitrogens is 1. The quantitative estimate of drug-likeness (QED) is 0.639. The smallest absolute Gasteiger partial charge is 0.410 e. The van der Waals surface area contributed by atoms with Crippen molar-refractivity contribution in [1.29, 1.82) is 0 Å². The maximum atomic E-state index is 12.8. The van der Waals surface area contributed by atoms with Gasteiger partial charge in [-0.1, -0.05) is 60.2 Å². The minimum Gasteiger partial charge on any atom is -0.445 e. The third kappa shape index (κ3) is 4.68. The van der Waals surface area contributed by atoms with Gasteiger partial charge in [0.15, 0.2) is 5.13 Å². The van der Waals surface area contributed by atoms with Gasteiger partial charge in [0.1, 0.15) is 12.6 Å². The van der Waals surface area contributed by atoms with Crippen LogP contribution in [0.15, 0.2) is 60.0 Å². The molecule has 3 aromatic rings. The highest BCUT2D eigenvalue weighted by atomic mass is 32.1. The number of benzene rings is 2. The van der Waals surface area contributed by atoms with Crippen LogP contribution in [-0.4, -0.2) is 34.5 Å². The van der Waals surface area contributed by atoms with E-state index in [9.17, 15) is 9.59 Å². The lowest BCUT2D eigenvalue weighted by atomic mass is 10.1. The van der Waals surface area contributed by atoms with Gasteiger partial charge in [-0.15, -0.1) is 11.3 Å². The zero-order valence-corrected chi connectivity index (χ0v) is 17.5. The molecule has 7 heteroatoms. The van der Waals surface area contributed by atoms with Crippen molar-refractivity contribution in [2.45, 2.75) is 32.4 Å². The van der Waals surface area contributed by atoms with Gasteiger partial charge in [0, 0.05) is 17.5 Å². The lowest BCUT2D eigenvalue weighted by molar-refractivity contribution is -0.120. The SMILES string of the molecule is Cc1ccc(-c2csc(NC(=O)[C@@H]3CCCN3C(=O)OCc3ccccc3)n2)cc1. The molecule has 2 amide bonds. The van der Waals surface area contributed by atoms with Gasteiger partial charge in [0.25, 0.3) is 0 Å². The third-order valence-electron chi connectivity index (χ3n) is 5.08. The summed E-state index contributed by atoms with van der Waals surface area (Å²) in [5, 5.41) is 5.31. The molecule has 2 heterocycles. The highest BCUT2D eigenvalue weighted by molar-refractivity contribution is 7.14. The van der Waals surface area contributed by atoms with Crippen LogP contribution < -0.4 is 5.32 Å². The molecule has 0 saturated carbocycles. The number of nitrogens with zero attached hydrogens (tertiary/aromatic N) is 2. The molecule has 1 aromatic heterocycles. The van der Waals surface area contributed by atoms with E-state index in [1.165, 1.54) is 21.8 Å². The first-order valence-corrected chi connectivity index (χ1v) is 10.8. The van der Waals surface area contributed by atoms with Crippen molar-refractivity contribution in [3.8, 4) is 11.3 Å². The lowest BCUT2D eigenvalue weighted by Gasteiger charge is -2.22. The highest BCUT2D eigenvalue weighted by Crippen LogP contribution is 2.26. The van der Waals surface area contributed by atoms with Gasteiger partial charge in [-0.05, 0) is 25.3 Å². The molecule has 1 atom stereocenters. The average molecular weight is 422 g/mol. The Hall–Kier alpha value is -3.19. The molecule has 0 bridgehead atoms. The number of rotatable bonds is 5. The molecule has 1 aliphatic heterocycles. The molecule has 0 spiro atoms. The Balaban J connectivity index is 1.36. The van der Waals surface area contributed by atoms with Gasteiger partial charge in [-0.2, -0.15) is 0 Å². The maximum Gasteiger partial charge on any atom is 0.410 e. The second-order valence-corrected chi connectivity index (χ2v) is 8.14. The van der Waals surface area contributed by atoms with Crippen LogP contribution in [0.25, 0.3) is 11.3 Å². The summed E-state index contributed by atoms with van der Waals surface area (Å²) in [5.74, 6) is -0.228. The number of likely N-dealkylation sites (tertiary alicyclic amines) is 1. The van der Waals surface area contributed by atoms with Crippen LogP contribution in [0.4, 0.5) is 9.93 Å². The second-order valence-electron chi connectivity index (χ2n) is 7.28. The molecule has 1 aliphatic rings. The number of carbonyl (C=O) groups is 2. The number of amides is 2. The summed E-state index contributed by atoms with van der Waals surface area (Å²) in [4.78, 5) is 31.3. The second kappa shape index (κ2) is 9.09. The van der Waals surface area contributed by atoms with Gasteiger partial charge in [-0.3, -0.25) is 9.69 Å². The molecule has 154 valence electrons. The van der Waals surface area contributed by atoms with Gasteiger partial charge < -0.3 is 10.1 Å². The van der Waals surface area contributed by atoms with Crippen molar-refractivity contribution >= 4 is 28.5 Å². The summed E-state index contributed by atoms with van der Waals surface area (Å²) < 4.78 is 5.41. The van der Waals surface area contributed by atoms with Crippen LogP contribution in [0, 0.1) is 6.92 Å². The number of aryl methyl sites for hydroxylation is 1.